The lowest BCUT2D eigenvalue weighted by Crippen LogP contribution is -2.49. The Hall–Kier alpha value is -1.06. The first-order chi connectivity index (χ1) is 10.2. The van der Waals surface area contributed by atoms with Crippen LogP contribution in [-0.2, 0) is 9.59 Å². The third kappa shape index (κ3) is 3.24. The predicted molar refractivity (Wildman–Crippen MR) is 81.7 cm³/mol. The highest BCUT2D eigenvalue weighted by atomic mass is 16.2. The number of nitrogens with zero attached hydrogens (tertiary/aromatic N) is 2. The van der Waals surface area contributed by atoms with Gasteiger partial charge in [-0.2, -0.15) is 0 Å². The average Bonchev–Trinajstić information content (AvgIpc) is 3.38. The van der Waals surface area contributed by atoms with Crippen molar-refractivity contribution in [2.24, 2.45) is 11.8 Å². The van der Waals surface area contributed by atoms with Crippen molar-refractivity contribution in [3.63, 3.8) is 0 Å². The molecule has 0 aromatic carbocycles. The summed E-state index contributed by atoms with van der Waals surface area (Å²) in [7, 11) is 0. The van der Waals surface area contributed by atoms with Gasteiger partial charge >= 0.3 is 0 Å². The Bertz CT molecular complexity index is 398. The molecular weight excluding hydrogens is 264 g/mol. The lowest BCUT2D eigenvalue weighted by molar-refractivity contribution is -0.144. The van der Waals surface area contributed by atoms with E-state index in [0.29, 0.717) is 23.8 Å². The Morgan fingerprint density at radius 1 is 0.857 bits per heavy atom. The number of rotatable bonds is 3. The minimum atomic E-state index is 0.153. The molecule has 3 fully saturated rings. The van der Waals surface area contributed by atoms with Crippen LogP contribution in [0, 0.1) is 11.8 Å². The zero-order chi connectivity index (χ0) is 14.8. The summed E-state index contributed by atoms with van der Waals surface area (Å²) in [5.74, 6) is 1.16. The number of carbonyl (C=O) groups is 2. The van der Waals surface area contributed by atoms with Crippen LogP contribution in [-0.4, -0.2) is 47.3 Å². The predicted octanol–water partition coefficient (Wildman–Crippen LogP) is 2.43. The van der Waals surface area contributed by atoms with E-state index >= 15 is 0 Å². The summed E-state index contributed by atoms with van der Waals surface area (Å²) < 4.78 is 0. The maximum absolute atomic E-state index is 12.8. The van der Waals surface area contributed by atoms with E-state index in [1.165, 1.54) is 12.8 Å². The van der Waals surface area contributed by atoms with Crippen LogP contribution >= 0.6 is 0 Å². The van der Waals surface area contributed by atoms with Crippen LogP contribution in [0.5, 0.6) is 0 Å². The van der Waals surface area contributed by atoms with Crippen LogP contribution in [0.15, 0.2) is 0 Å². The quantitative estimate of drug-likeness (QED) is 0.801. The second-order valence-electron chi connectivity index (χ2n) is 6.96. The molecule has 1 atom stereocenters. The Morgan fingerprint density at radius 2 is 1.52 bits per heavy atom. The van der Waals surface area contributed by atoms with Crippen molar-refractivity contribution in [2.75, 3.05) is 19.6 Å². The third-order valence-corrected chi connectivity index (χ3v) is 5.46. The Morgan fingerprint density at radius 3 is 2.14 bits per heavy atom. The fourth-order valence-corrected chi connectivity index (χ4v) is 3.88. The van der Waals surface area contributed by atoms with Crippen molar-refractivity contribution in [1.29, 1.82) is 0 Å². The Kier molecular flexibility index (Phi) is 4.51. The van der Waals surface area contributed by atoms with E-state index in [4.69, 9.17) is 0 Å². The maximum Gasteiger partial charge on any atom is 0.226 e. The van der Waals surface area contributed by atoms with E-state index in [-0.39, 0.29) is 5.92 Å². The van der Waals surface area contributed by atoms with Crippen LogP contribution in [0.25, 0.3) is 0 Å². The van der Waals surface area contributed by atoms with Crippen molar-refractivity contribution in [1.82, 2.24) is 9.80 Å². The van der Waals surface area contributed by atoms with Crippen LogP contribution < -0.4 is 0 Å². The number of hydrogen-bond donors (Lipinski definition) is 0. The SMILES string of the molecule is CCC1CCCCN1C(=O)C1CCN(C(=O)C2CC2)CC1. The first-order valence-electron chi connectivity index (χ1n) is 8.80. The molecule has 118 valence electrons. The third-order valence-electron chi connectivity index (χ3n) is 5.46. The van der Waals surface area contributed by atoms with Crippen LogP contribution in [0.4, 0.5) is 0 Å². The normalized spacial score (nSPS) is 27.8. The lowest BCUT2D eigenvalue weighted by Gasteiger charge is -2.39. The van der Waals surface area contributed by atoms with Crippen molar-refractivity contribution in [3.05, 3.63) is 0 Å². The van der Waals surface area contributed by atoms with Gasteiger partial charge in [0.15, 0.2) is 0 Å². The second-order valence-corrected chi connectivity index (χ2v) is 6.96. The number of amides is 2. The smallest absolute Gasteiger partial charge is 0.226 e. The summed E-state index contributed by atoms with van der Waals surface area (Å²) >= 11 is 0. The number of carbonyl (C=O) groups excluding carboxylic acids is 2. The lowest BCUT2D eigenvalue weighted by atomic mass is 9.92. The van der Waals surface area contributed by atoms with Gasteiger partial charge in [0.05, 0.1) is 0 Å². The zero-order valence-electron chi connectivity index (χ0n) is 13.2. The van der Waals surface area contributed by atoms with Crippen molar-refractivity contribution >= 4 is 11.8 Å². The van der Waals surface area contributed by atoms with Crippen molar-refractivity contribution < 1.29 is 9.59 Å². The fraction of sp³-hybridized carbons (Fsp3) is 0.882. The molecule has 0 bridgehead atoms. The molecule has 0 N–H and O–H groups in total. The van der Waals surface area contributed by atoms with E-state index in [0.717, 1.165) is 58.2 Å². The van der Waals surface area contributed by atoms with Crippen LogP contribution in [0.1, 0.15) is 58.3 Å². The first-order valence-corrected chi connectivity index (χ1v) is 8.80. The van der Waals surface area contributed by atoms with Gasteiger partial charge in [-0.1, -0.05) is 6.92 Å². The Labute approximate surface area is 127 Å². The van der Waals surface area contributed by atoms with Gasteiger partial charge in [0.1, 0.15) is 0 Å². The van der Waals surface area contributed by atoms with Gasteiger partial charge in [0, 0.05) is 37.5 Å². The van der Waals surface area contributed by atoms with Gasteiger partial charge in [-0.15, -0.1) is 0 Å². The summed E-state index contributed by atoms with van der Waals surface area (Å²) in [5, 5.41) is 0. The number of hydrogen-bond acceptors (Lipinski definition) is 2. The molecule has 4 heteroatoms. The van der Waals surface area contributed by atoms with Crippen LogP contribution in [0.3, 0.4) is 0 Å². The van der Waals surface area contributed by atoms with Gasteiger partial charge < -0.3 is 9.80 Å². The van der Waals surface area contributed by atoms with E-state index in [1.807, 2.05) is 4.90 Å². The van der Waals surface area contributed by atoms with E-state index in [2.05, 4.69) is 11.8 Å². The van der Waals surface area contributed by atoms with E-state index < -0.39 is 0 Å². The van der Waals surface area contributed by atoms with Gasteiger partial charge in [0.2, 0.25) is 11.8 Å². The highest BCUT2D eigenvalue weighted by Gasteiger charge is 2.37. The summed E-state index contributed by atoms with van der Waals surface area (Å²) in [6.45, 7) is 4.71. The monoisotopic (exact) mass is 292 g/mol. The van der Waals surface area contributed by atoms with Gasteiger partial charge in [-0.3, -0.25) is 9.59 Å². The van der Waals surface area contributed by atoms with E-state index in [9.17, 15) is 9.59 Å². The Balaban J connectivity index is 1.53. The summed E-state index contributed by atoms with van der Waals surface area (Å²) in [6.07, 6.45) is 8.53. The number of likely N-dealkylation sites (tertiary alicyclic amines) is 2. The molecule has 1 aliphatic carbocycles. The van der Waals surface area contributed by atoms with Crippen LogP contribution in [0.2, 0.25) is 0 Å². The topological polar surface area (TPSA) is 40.6 Å². The minimum absolute atomic E-state index is 0.153. The molecule has 2 heterocycles. The van der Waals surface area contributed by atoms with Crippen molar-refractivity contribution in [3.8, 4) is 0 Å². The number of piperidine rings is 2. The maximum atomic E-state index is 12.8. The summed E-state index contributed by atoms with van der Waals surface area (Å²) in [6, 6.07) is 0.456. The summed E-state index contributed by atoms with van der Waals surface area (Å²) in [5.41, 5.74) is 0. The molecule has 3 rings (SSSR count). The molecule has 0 aromatic heterocycles. The highest BCUT2D eigenvalue weighted by Crippen LogP contribution is 2.33. The van der Waals surface area contributed by atoms with E-state index in [1.54, 1.807) is 0 Å². The standard InChI is InChI=1S/C17H28N2O2/c1-2-15-5-3-4-10-19(15)17(21)14-8-11-18(12-9-14)16(20)13-6-7-13/h13-15H,2-12H2,1H3. The molecule has 0 spiro atoms. The molecule has 2 saturated heterocycles. The molecule has 2 amide bonds. The molecule has 1 saturated carbocycles. The molecule has 0 radical (unpaired) electrons. The first kappa shape index (κ1) is 14.9. The van der Waals surface area contributed by atoms with Gasteiger partial charge in [-0.05, 0) is 51.4 Å². The molecule has 0 aromatic rings. The molecule has 1 unspecified atom stereocenters. The van der Waals surface area contributed by atoms with Crippen molar-refractivity contribution in [2.45, 2.75) is 64.3 Å². The largest absolute Gasteiger partial charge is 0.342 e. The zero-order valence-corrected chi connectivity index (χ0v) is 13.2. The molecular formula is C17H28N2O2. The molecule has 3 aliphatic rings. The molecule has 21 heavy (non-hydrogen) atoms. The molecule has 4 nitrogen and oxygen atoms in total. The van der Waals surface area contributed by atoms with Gasteiger partial charge in [-0.25, -0.2) is 0 Å². The highest BCUT2D eigenvalue weighted by molar-refractivity contribution is 5.82. The van der Waals surface area contributed by atoms with Gasteiger partial charge in [0.25, 0.3) is 0 Å². The fourth-order valence-electron chi connectivity index (χ4n) is 3.88. The summed E-state index contributed by atoms with van der Waals surface area (Å²) in [4.78, 5) is 29.0. The second kappa shape index (κ2) is 6.37. The minimum Gasteiger partial charge on any atom is -0.342 e. The molecule has 2 aliphatic heterocycles. The average molecular weight is 292 g/mol.